The Morgan fingerprint density at radius 3 is 3.08 bits per heavy atom. The lowest BCUT2D eigenvalue weighted by atomic mass is 10.2. The van der Waals surface area contributed by atoms with Gasteiger partial charge in [0.15, 0.2) is 4.34 Å². The SMILES string of the molecule is C[C@H](Sc1nncs1)C(=O)NCc1ccnc(N2CCOCC2)c1. The van der Waals surface area contributed by atoms with Crippen LogP contribution in [0.25, 0.3) is 0 Å². The number of nitrogens with zero attached hydrogens (tertiary/aromatic N) is 4. The molecular formula is C15H19N5O2S2. The fourth-order valence-corrected chi connectivity index (χ4v) is 3.94. The fraction of sp³-hybridized carbons (Fsp3) is 0.467. The second kappa shape index (κ2) is 8.41. The molecule has 1 aliphatic heterocycles. The molecule has 1 saturated heterocycles. The van der Waals surface area contributed by atoms with Gasteiger partial charge in [0.25, 0.3) is 0 Å². The molecule has 0 unspecified atom stereocenters. The third kappa shape index (κ3) is 4.65. The molecule has 0 aromatic carbocycles. The highest BCUT2D eigenvalue weighted by atomic mass is 32.2. The van der Waals surface area contributed by atoms with Crippen LogP contribution in [0, 0.1) is 0 Å². The number of morpholine rings is 1. The van der Waals surface area contributed by atoms with Gasteiger partial charge in [0.05, 0.1) is 18.5 Å². The van der Waals surface area contributed by atoms with Crippen LogP contribution in [-0.2, 0) is 16.1 Å². The lowest BCUT2D eigenvalue weighted by molar-refractivity contribution is -0.120. The molecule has 1 atom stereocenters. The van der Waals surface area contributed by atoms with Gasteiger partial charge in [0.2, 0.25) is 5.91 Å². The summed E-state index contributed by atoms with van der Waals surface area (Å²) in [5, 5.41) is 10.5. The zero-order valence-electron chi connectivity index (χ0n) is 13.3. The minimum absolute atomic E-state index is 0.0139. The van der Waals surface area contributed by atoms with Crippen LogP contribution in [0.2, 0.25) is 0 Å². The molecule has 2 aromatic rings. The quantitative estimate of drug-likeness (QED) is 0.778. The Morgan fingerprint density at radius 1 is 1.50 bits per heavy atom. The van der Waals surface area contributed by atoms with Gasteiger partial charge in [-0.15, -0.1) is 10.2 Å². The Bertz CT molecular complexity index is 662. The number of aromatic nitrogens is 3. The van der Waals surface area contributed by atoms with Crippen molar-refractivity contribution in [2.45, 2.75) is 23.1 Å². The maximum atomic E-state index is 12.2. The average Bonchev–Trinajstić information content (AvgIpc) is 3.13. The van der Waals surface area contributed by atoms with Crippen molar-refractivity contribution in [2.75, 3.05) is 31.2 Å². The maximum Gasteiger partial charge on any atom is 0.233 e. The van der Waals surface area contributed by atoms with Gasteiger partial charge in [-0.05, 0) is 24.6 Å². The van der Waals surface area contributed by atoms with Crippen LogP contribution in [0.15, 0.2) is 28.2 Å². The van der Waals surface area contributed by atoms with Gasteiger partial charge in [0.1, 0.15) is 11.3 Å². The Kier molecular flexibility index (Phi) is 6.00. The number of rotatable bonds is 6. The first kappa shape index (κ1) is 17.1. The molecule has 0 aliphatic carbocycles. The third-order valence-corrected chi connectivity index (χ3v) is 5.51. The highest BCUT2D eigenvalue weighted by Gasteiger charge is 2.16. The van der Waals surface area contributed by atoms with Crippen LogP contribution in [0.4, 0.5) is 5.82 Å². The van der Waals surface area contributed by atoms with Crippen LogP contribution in [0.3, 0.4) is 0 Å². The highest BCUT2D eigenvalue weighted by molar-refractivity contribution is 8.02. The van der Waals surface area contributed by atoms with E-state index in [2.05, 4.69) is 25.4 Å². The van der Waals surface area contributed by atoms with Gasteiger partial charge in [-0.1, -0.05) is 23.1 Å². The number of hydrogen-bond acceptors (Lipinski definition) is 8. The topological polar surface area (TPSA) is 80.2 Å². The summed E-state index contributed by atoms with van der Waals surface area (Å²) in [5.74, 6) is 0.918. The standard InChI is InChI=1S/C15H19N5O2S2/c1-11(24-15-19-18-10-23-15)14(21)17-9-12-2-3-16-13(8-12)20-4-6-22-7-5-20/h2-3,8,10-11H,4-7,9H2,1H3,(H,17,21)/t11-/m0/s1. The molecule has 1 N–H and O–H groups in total. The molecule has 2 aromatic heterocycles. The molecule has 0 bridgehead atoms. The summed E-state index contributed by atoms with van der Waals surface area (Å²) < 4.78 is 6.16. The summed E-state index contributed by atoms with van der Waals surface area (Å²) in [6.45, 7) is 5.50. The van der Waals surface area contributed by atoms with Gasteiger partial charge in [-0.2, -0.15) is 0 Å². The molecule has 128 valence electrons. The fourth-order valence-electron chi connectivity index (χ4n) is 2.29. The monoisotopic (exact) mass is 365 g/mol. The Morgan fingerprint density at radius 2 is 2.33 bits per heavy atom. The van der Waals surface area contributed by atoms with E-state index in [-0.39, 0.29) is 11.2 Å². The number of amides is 1. The van der Waals surface area contributed by atoms with Gasteiger partial charge in [-0.3, -0.25) is 4.79 Å². The number of ether oxygens (including phenoxy) is 1. The largest absolute Gasteiger partial charge is 0.378 e. The number of carbonyl (C=O) groups excluding carboxylic acids is 1. The molecule has 1 fully saturated rings. The van der Waals surface area contributed by atoms with Crippen LogP contribution >= 0.6 is 23.1 Å². The minimum Gasteiger partial charge on any atom is -0.378 e. The molecule has 0 spiro atoms. The van der Waals surface area contributed by atoms with Gasteiger partial charge in [-0.25, -0.2) is 4.98 Å². The smallest absolute Gasteiger partial charge is 0.233 e. The Labute approximate surface area is 148 Å². The van der Waals surface area contributed by atoms with E-state index in [4.69, 9.17) is 4.74 Å². The zero-order valence-corrected chi connectivity index (χ0v) is 15.0. The normalized spacial score (nSPS) is 16.0. The summed E-state index contributed by atoms with van der Waals surface area (Å²) >= 11 is 2.86. The lowest BCUT2D eigenvalue weighted by Gasteiger charge is -2.28. The van der Waals surface area contributed by atoms with E-state index in [1.165, 1.54) is 23.1 Å². The first-order chi connectivity index (χ1) is 11.7. The molecular weight excluding hydrogens is 346 g/mol. The van der Waals surface area contributed by atoms with E-state index < -0.39 is 0 Å². The number of thioether (sulfide) groups is 1. The van der Waals surface area contributed by atoms with E-state index in [0.717, 1.165) is 42.0 Å². The predicted molar refractivity (Wildman–Crippen MR) is 94.3 cm³/mol. The number of hydrogen-bond donors (Lipinski definition) is 1. The van der Waals surface area contributed by atoms with E-state index in [1.807, 2.05) is 19.1 Å². The highest BCUT2D eigenvalue weighted by Crippen LogP contribution is 2.24. The number of carbonyl (C=O) groups is 1. The van der Waals surface area contributed by atoms with Crippen LogP contribution in [0.5, 0.6) is 0 Å². The number of anilines is 1. The van der Waals surface area contributed by atoms with E-state index >= 15 is 0 Å². The second-order valence-electron chi connectivity index (χ2n) is 5.30. The van der Waals surface area contributed by atoms with Crippen molar-refractivity contribution in [1.29, 1.82) is 0 Å². The van der Waals surface area contributed by atoms with Crippen molar-refractivity contribution in [1.82, 2.24) is 20.5 Å². The van der Waals surface area contributed by atoms with Crippen LogP contribution in [-0.4, -0.2) is 52.6 Å². The van der Waals surface area contributed by atoms with Crippen molar-refractivity contribution in [3.05, 3.63) is 29.4 Å². The summed E-state index contributed by atoms with van der Waals surface area (Å²) in [5.41, 5.74) is 2.70. The Hall–Kier alpha value is -1.71. The first-order valence-corrected chi connectivity index (χ1v) is 9.46. The first-order valence-electron chi connectivity index (χ1n) is 7.70. The van der Waals surface area contributed by atoms with Gasteiger partial charge < -0.3 is 15.0 Å². The molecule has 9 heteroatoms. The van der Waals surface area contributed by atoms with Crippen LogP contribution in [0.1, 0.15) is 12.5 Å². The summed E-state index contributed by atoms with van der Waals surface area (Å²) in [4.78, 5) is 18.8. The van der Waals surface area contributed by atoms with Crippen molar-refractivity contribution in [2.24, 2.45) is 0 Å². The molecule has 1 amide bonds. The number of pyridine rings is 1. The molecule has 7 nitrogen and oxygen atoms in total. The maximum absolute atomic E-state index is 12.2. The van der Waals surface area contributed by atoms with Crippen molar-refractivity contribution in [3.8, 4) is 0 Å². The van der Waals surface area contributed by atoms with E-state index in [9.17, 15) is 4.79 Å². The summed E-state index contributed by atoms with van der Waals surface area (Å²) in [7, 11) is 0. The van der Waals surface area contributed by atoms with Gasteiger partial charge in [0, 0.05) is 25.8 Å². The number of nitrogens with one attached hydrogen (secondary N) is 1. The second-order valence-corrected chi connectivity index (χ2v) is 7.73. The molecule has 3 heterocycles. The lowest BCUT2D eigenvalue weighted by Crippen LogP contribution is -2.36. The van der Waals surface area contributed by atoms with Crippen molar-refractivity contribution < 1.29 is 9.53 Å². The average molecular weight is 365 g/mol. The Balaban J connectivity index is 1.53. The zero-order chi connectivity index (χ0) is 16.8. The molecule has 24 heavy (non-hydrogen) atoms. The summed E-state index contributed by atoms with van der Waals surface area (Å²) in [6.07, 6.45) is 1.78. The van der Waals surface area contributed by atoms with Crippen molar-refractivity contribution >= 4 is 34.8 Å². The molecule has 1 aliphatic rings. The minimum atomic E-state index is -0.210. The van der Waals surface area contributed by atoms with E-state index in [0.29, 0.717) is 6.54 Å². The third-order valence-electron chi connectivity index (χ3n) is 3.60. The predicted octanol–water partition coefficient (Wildman–Crippen LogP) is 1.57. The van der Waals surface area contributed by atoms with Crippen molar-refractivity contribution in [3.63, 3.8) is 0 Å². The van der Waals surface area contributed by atoms with Crippen LogP contribution < -0.4 is 10.2 Å². The molecule has 0 saturated carbocycles. The molecule has 3 rings (SSSR count). The molecule has 0 radical (unpaired) electrons. The van der Waals surface area contributed by atoms with Gasteiger partial charge >= 0.3 is 0 Å². The van der Waals surface area contributed by atoms with E-state index in [1.54, 1.807) is 11.7 Å². The summed E-state index contributed by atoms with van der Waals surface area (Å²) in [6, 6.07) is 3.95.